The van der Waals surface area contributed by atoms with Crippen LogP contribution in [0.2, 0.25) is 0 Å². The molecule has 0 N–H and O–H groups in total. The Morgan fingerprint density at radius 2 is 1.83 bits per heavy atom. The number of aromatic nitrogens is 2. The molecule has 2 atom stereocenters. The number of fused-ring (bicyclic) bond motifs is 2. The summed E-state index contributed by atoms with van der Waals surface area (Å²) in [5.74, 6) is -0.588. The molecular formula is C24H31N3O3. The minimum atomic E-state index is -0.491. The molecule has 1 aromatic carbocycles. The van der Waals surface area contributed by atoms with Crippen molar-refractivity contribution in [2.75, 3.05) is 13.2 Å². The summed E-state index contributed by atoms with van der Waals surface area (Å²) in [5, 5.41) is 4.50. The van der Waals surface area contributed by atoms with Crippen molar-refractivity contribution in [2.24, 2.45) is 10.8 Å². The molecule has 0 radical (unpaired) electrons. The first kappa shape index (κ1) is 20.6. The highest BCUT2D eigenvalue weighted by molar-refractivity contribution is 5.93. The highest BCUT2D eigenvalue weighted by Crippen LogP contribution is 2.52. The topological polar surface area (TPSA) is 64.4 Å². The number of nitrogens with zero attached hydrogens (tertiary/aromatic N) is 3. The Morgan fingerprint density at radius 1 is 1.13 bits per heavy atom. The Bertz CT molecular complexity index is 979. The molecule has 30 heavy (non-hydrogen) atoms. The zero-order chi connectivity index (χ0) is 21.7. The Kier molecular flexibility index (Phi) is 4.99. The normalized spacial score (nSPS) is 24.7. The summed E-state index contributed by atoms with van der Waals surface area (Å²) in [6.07, 6.45) is 3.17. The smallest absolute Gasteiger partial charge is 0.342 e. The average molecular weight is 410 g/mol. The molecule has 2 fully saturated rings. The lowest BCUT2D eigenvalue weighted by molar-refractivity contribution is -0.135. The number of hydrogen-bond donors (Lipinski definition) is 0. The van der Waals surface area contributed by atoms with Crippen LogP contribution in [0.25, 0.3) is 5.69 Å². The fourth-order valence-electron chi connectivity index (χ4n) is 5.79. The number of esters is 1. The number of hydrogen-bond acceptors (Lipinski definition) is 4. The van der Waals surface area contributed by atoms with E-state index < -0.39 is 5.97 Å². The minimum absolute atomic E-state index is 0.0967. The third-order valence-corrected chi connectivity index (χ3v) is 6.56. The molecule has 1 amide bonds. The second kappa shape index (κ2) is 7.25. The molecule has 6 nitrogen and oxygen atoms in total. The number of aryl methyl sites for hydroxylation is 1. The minimum Gasteiger partial charge on any atom is -0.452 e. The van der Waals surface area contributed by atoms with Crippen LogP contribution in [0, 0.1) is 24.7 Å². The Hall–Kier alpha value is -2.63. The van der Waals surface area contributed by atoms with Crippen molar-refractivity contribution in [1.29, 1.82) is 0 Å². The van der Waals surface area contributed by atoms with Gasteiger partial charge in [-0.15, -0.1) is 0 Å². The molecule has 4 rings (SSSR count). The number of likely N-dealkylation sites (tertiary alicyclic amines) is 1. The van der Waals surface area contributed by atoms with Gasteiger partial charge in [0.05, 0.1) is 17.1 Å². The van der Waals surface area contributed by atoms with Crippen molar-refractivity contribution in [3.63, 3.8) is 0 Å². The van der Waals surface area contributed by atoms with Gasteiger partial charge in [0, 0.05) is 12.6 Å². The summed E-state index contributed by atoms with van der Waals surface area (Å²) in [6, 6.07) is 9.91. The lowest BCUT2D eigenvalue weighted by atomic mass is 9.65. The predicted molar refractivity (Wildman–Crippen MR) is 115 cm³/mol. The first-order valence-corrected chi connectivity index (χ1v) is 10.7. The van der Waals surface area contributed by atoms with Crippen LogP contribution in [0.15, 0.2) is 30.3 Å². The van der Waals surface area contributed by atoms with Crippen LogP contribution in [0.3, 0.4) is 0 Å². The molecule has 160 valence electrons. The number of benzene rings is 1. The maximum atomic E-state index is 12.9. The van der Waals surface area contributed by atoms with E-state index in [1.54, 1.807) is 11.6 Å². The second-order valence-corrected chi connectivity index (χ2v) is 10.1. The molecular weight excluding hydrogens is 378 g/mol. The fraction of sp³-hybridized carbons (Fsp3) is 0.542. The number of carbonyl (C=O) groups is 2. The molecule has 1 aliphatic heterocycles. The molecule has 0 unspecified atom stereocenters. The van der Waals surface area contributed by atoms with Crippen LogP contribution in [0.5, 0.6) is 0 Å². The van der Waals surface area contributed by atoms with Gasteiger partial charge in [-0.05, 0) is 56.1 Å². The van der Waals surface area contributed by atoms with E-state index in [0.717, 1.165) is 31.5 Å². The molecule has 0 spiro atoms. The lowest BCUT2D eigenvalue weighted by Gasteiger charge is -2.39. The van der Waals surface area contributed by atoms with Crippen molar-refractivity contribution in [3.8, 4) is 5.69 Å². The van der Waals surface area contributed by atoms with E-state index in [9.17, 15) is 9.59 Å². The van der Waals surface area contributed by atoms with E-state index in [1.165, 1.54) is 0 Å². The van der Waals surface area contributed by atoms with E-state index in [2.05, 4.69) is 25.9 Å². The van der Waals surface area contributed by atoms with Crippen molar-refractivity contribution in [1.82, 2.24) is 14.7 Å². The summed E-state index contributed by atoms with van der Waals surface area (Å²) < 4.78 is 7.20. The van der Waals surface area contributed by atoms with Crippen LogP contribution in [0.4, 0.5) is 0 Å². The van der Waals surface area contributed by atoms with Gasteiger partial charge < -0.3 is 9.64 Å². The summed E-state index contributed by atoms with van der Waals surface area (Å²) in [4.78, 5) is 27.6. The SMILES string of the molecule is Cc1nn(-c2ccccc2)c(C)c1C(=O)OCC(=O)N1C[C@]2(C)C[C@H]1CC(C)(C)C2. The molecule has 2 heterocycles. The van der Waals surface area contributed by atoms with Crippen LogP contribution >= 0.6 is 0 Å². The van der Waals surface area contributed by atoms with Gasteiger partial charge in [0.25, 0.3) is 5.91 Å². The average Bonchev–Trinajstić information content (AvgIpc) is 3.11. The second-order valence-electron chi connectivity index (χ2n) is 10.1. The summed E-state index contributed by atoms with van der Waals surface area (Å²) in [7, 11) is 0. The molecule has 1 aromatic heterocycles. The maximum absolute atomic E-state index is 12.9. The standard InChI is InChI=1S/C24H31N3O3/c1-16-21(17(2)27(25-16)18-9-7-6-8-10-18)22(29)30-13-20(28)26-15-24(5)12-19(26)11-23(3,4)14-24/h6-10,19H,11-15H2,1-5H3/t19-,24-/m1/s1. The quantitative estimate of drug-likeness (QED) is 0.714. The molecule has 2 aromatic rings. The predicted octanol–water partition coefficient (Wildman–Crippen LogP) is 4.07. The van der Waals surface area contributed by atoms with E-state index in [4.69, 9.17) is 4.74 Å². The Labute approximate surface area is 178 Å². The maximum Gasteiger partial charge on any atom is 0.342 e. The van der Waals surface area contributed by atoms with Crippen molar-refractivity contribution >= 4 is 11.9 Å². The van der Waals surface area contributed by atoms with Crippen LogP contribution in [0.1, 0.15) is 61.8 Å². The third kappa shape index (κ3) is 3.75. The zero-order valence-corrected chi connectivity index (χ0v) is 18.6. The number of para-hydroxylation sites is 1. The first-order valence-electron chi connectivity index (χ1n) is 10.7. The largest absolute Gasteiger partial charge is 0.452 e. The lowest BCUT2D eigenvalue weighted by Crippen LogP contribution is -2.39. The molecule has 1 saturated carbocycles. The third-order valence-electron chi connectivity index (χ3n) is 6.56. The number of rotatable bonds is 4. The zero-order valence-electron chi connectivity index (χ0n) is 18.6. The van der Waals surface area contributed by atoms with Gasteiger partial charge >= 0.3 is 5.97 Å². The van der Waals surface area contributed by atoms with Crippen molar-refractivity contribution in [2.45, 2.75) is 59.9 Å². The van der Waals surface area contributed by atoms with E-state index in [-0.39, 0.29) is 29.4 Å². The molecule has 1 saturated heterocycles. The van der Waals surface area contributed by atoms with E-state index in [1.807, 2.05) is 42.2 Å². The van der Waals surface area contributed by atoms with Gasteiger partial charge in [-0.1, -0.05) is 39.0 Å². The highest BCUT2D eigenvalue weighted by Gasteiger charge is 2.50. The van der Waals surface area contributed by atoms with E-state index in [0.29, 0.717) is 17.0 Å². The van der Waals surface area contributed by atoms with Crippen molar-refractivity contribution < 1.29 is 14.3 Å². The van der Waals surface area contributed by atoms with Gasteiger partial charge in [-0.25, -0.2) is 9.48 Å². The molecule has 2 bridgehead atoms. The van der Waals surface area contributed by atoms with Crippen molar-refractivity contribution in [3.05, 3.63) is 47.3 Å². The summed E-state index contributed by atoms with van der Waals surface area (Å²) >= 11 is 0. The van der Waals surface area contributed by atoms with Crippen LogP contribution < -0.4 is 0 Å². The summed E-state index contributed by atoms with van der Waals surface area (Å²) in [5.41, 5.74) is 3.02. The molecule has 1 aliphatic carbocycles. The molecule has 2 aliphatic rings. The highest BCUT2D eigenvalue weighted by atomic mass is 16.5. The van der Waals surface area contributed by atoms with Gasteiger partial charge in [0.2, 0.25) is 0 Å². The van der Waals surface area contributed by atoms with Gasteiger partial charge in [0.15, 0.2) is 6.61 Å². The van der Waals surface area contributed by atoms with Gasteiger partial charge in [-0.3, -0.25) is 4.79 Å². The number of ether oxygens (including phenoxy) is 1. The van der Waals surface area contributed by atoms with E-state index >= 15 is 0 Å². The summed E-state index contributed by atoms with van der Waals surface area (Å²) in [6.45, 7) is 11.0. The molecule has 6 heteroatoms. The number of amides is 1. The Morgan fingerprint density at radius 3 is 2.53 bits per heavy atom. The first-order chi connectivity index (χ1) is 14.1. The Balaban J connectivity index is 1.45. The van der Waals surface area contributed by atoms with Gasteiger partial charge in [0.1, 0.15) is 5.56 Å². The van der Waals surface area contributed by atoms with Gasteiger partial charge in [-0.2, -0.15) is 5.10 Å². The fourth-order valence-corrected chi connectivity index (χ4v) is 5.79. The monoisotopic (exact) mass is 409 g/mol. The van der Waals surface area contributed by atoms with Crippen LogP contribution in [-0.4, -0.2) is 45.8 Å². The van der Waals surface area contributed by atoms with Crippen LogP contribution in [-0.2, 0) is 9.53 Å². The number of carbonyl (C=O) groups excluding carboxylic acids is 2.